The lowest BCUT2D eigenvalue weighted by atomic mass is 10.2. The largest absolute Gasteiger partial charge is 0.490 e. The third-order valence-electron chi connectivity index (χ3n) is 1.69. The van der Waals surface area contributed by atoms with Gasteiger partial charge in [0.05, 0.1) is 11.7 Å². The van der Waals surface area contributed by atoms with Gasteiger partial charge in [0.2, 0.25) is 0 Å². The van der Waals surface area contributed by atoms with Crippen LogP contribution in [0.5, 0.6) is 5.75 Å². The first-order chi connectivity index (χ1) is 7.04. The lowest BCUT2D eigenvalue weighted by Crippen LogP contribution is -2.16. The van der Waals surface area contributed by atoms with Gasteiger partial charge in [0.15, 0.2) is 5.84 Å². The van der Waals surface area contributed by atoms with Gasteiger partial charge in [-0.15, -0.1) is 0 Å². The Morgan fingerprint density at radius 1 is 1.53 bits per heavy atom. The Kier molecular flexibility index (Phi) is 3.80. The van der Waals surface area contributed by atoms with E-state index >= 15 is 0 Å². The van der Waals surface area contributed by atoms with Gasteiger partial charge in [-0.1, -0.05) is 16.8 Å². The Balaban J connectivity index is 3.14. The summed E-state index contributed by atoms with van der Waals surface area (Å²) in [5.74, 6) is 0.509. The van der Waals surface area contributed by atoms with Crippen molar-refractivity contribution < 1.29 is 9.94 Å². The van der Waals surface area contributed by atoms with Gasteiger partial charge in [0.1, 0.15) is 5.75 Å². The number of benzene rings is 1. The van der Waals surface area contributed by atoms with E-state index in [0.29, 0.717) is 16.3 Å². The Morgan fingerprint density at radius 3 is 2.73 bits per heavy atom. The van der Waals surface area contributed by atoms with Crippen LogP contribution in [0.2, 0.25) is 5.02 Å². The van der Waals surface area contributed by atoms with Gasteiger partial charge < -0.3 is 15.7 Å². The first-order valence-corrected chi connectivity index (χ1v) is 4.86. The maximum Gasteiger partial charge on any atom is 0.173 e. The van der Waals surface area contributed by atoms with E-state index in [1.807, 2.05) is 13.8 Å². The molecule has 0 saturated heterocycles. The smallest absolute Gasteiger partial charge is 0.173 e. The number of oxime groups is 1. The first kappa shape index (κ1) is 11.7. The summed E-state index contributed by atoms with van der Waals surface area (Å²) in [5.41, 5.74) is 6.02. The molecule has 0 aliphatic heterocycles. The zero-order chi connectivity index (χ0) is 11.4. The van der Waals surface area contributed by atoms with E-state index in [0.717, 1.165) is 0 Å². The second-order valence-electron chi connectivity index (χ2n) is 3.29. The molecule has 0 fully saturated rings. The van der Waals surface area contributed by atoms with E-state index in [4.69, 9.17) is 27.3 Å². The Hall–Kier alpha value is -1.42. The molecule has 1 rings (SSSR count). The van der Waals surface area contributed by atoms with Crippen LogP contribution in [-0.4, -0.2) is 17.1 Å². The summed E-state index contributed by atoms with van der Waals surface area (Å²) in [6, 6.07) is 4.94. The van der Waals surface area contributed by atoms with Crippen LogP contribution >= 0.6 is 11.6 Å². The van der Waals surface area contributed by atoms with Crippen LogP contribution in [0.25, 0.3) is 0 Å². The third-order valence-corrected chi connectivity index (χ3v) is 1.93. The summed E-state index contributed by atoms with van der Waals surface area (Å²) >= 11 is 5.82. The second kappa shape index (κ2) is 4.89. The molecule has 0 aliphatic rings. The lowest BCUT2D eigenvalue weighted by molar-refractivity contribution is 0.241. The minimum Gasteiger partial charge on any atom is -0.490 e. The van der Waals surface area contributed by atoms with Crippen molar-refractivity contribution in [3.63, 3.8) is 0 Å². The van der Waals surface area contributed by atoms with Gasteiger partial charge in [-0.3, -0.25) is 0 Å². The van der Waals surface area contributed by atoms with Gasteiger partial charge in [-0.2, -0.15) is 0 Å². The number of hydrogen-bond acceptors (Lipinski definition) is 3. The van der Waals surface area contributed by atoms with Crippen LogP contribution in [0.3, 0.4) is 0 Å². The van der Waals surface area contributed by atoms with Crippen molar-refractivity contribution >= 4 is 17.4 Å². The van der Waals surface area contributed by atoms with Crippen molar-refractivity contribution in [2.24, 2.45) is 10.9 Å². The first-order valence-electron chi connectivity index (χ1n) is 4.48. The predicted molar refractivity (Wildman–Crippen MR) is 59.7 cm³/mol. The number of nitrogens with zero attached hydrogens (tertiary/aromatic N) is 1. The van der Waals surface area contributed by atoms with E-state index in [1.165, 1.54) is 0 Å². The Morgan fingerprint density at radius 2 is 2.20 bits per heavy atom. The molecule has 0 unspecified atom stereocenters. The maximum atomic E-state index is 8.59. The fourth-order valence-corrected chi connectivity index (χ4v) is 1.28. The summed E-state index contributed by atoms with van der Waals surface area (Å²) in [6.45, 7) is 3.77. The van der Waals surface area contributed by atoms with E-state index in [2.05, 4.69) is 5.16 Å². The molecule has 0 amide bonds. The molecule has 0 bridgehead atoms. The third kappa shape index (κ3) is 3.02. The molecule has 0 spiro atoms. The quantitative estimate of drug-likeness (QED) is 0.361. The molecule has 0 atom stereocenters. The molecular formula is C10H13ClN2O2. The van der Waals surface area contributed by atoms with E-state index < -0.39 is 0 Å². The van der Waals surface area contributed by atoms with Gasteiger partial charge >= 0.3 is 0 Å². The van der Waals surface area contributed by atoms with Crippen molar-refractivity contribution in [1.29, 1.82) is 0 Å². The highest BCUT2D eigenvalue weighted by atomic mass is 35.5. The van der Waals surface area contributed by atoms with Gasteiger partial charge in [-0.25, -0.2) is 0 Å². The Bertz CT molecular complexity index is 378. The summed E-state index contributed by atoms with van der Waals surface area (Å²) in [6.07, 6.45) is -0.00582. The van der Waals surface area contributed by atoms with Crippen LogP contribution in [0.15, 0.2) is 23.4 Å². The molecule has 3 N–H and O–H groups in total. The maximum absolute atomic E-state index is 8.59. The van der Waals surface area contributed by atoms with Crippen molar-refractivity contribution in [3.05, 3.63) is 28.8 Å². The fraction of sp³-hybridized carbons (Fsp3) is 0.300. The lowest BCUT2D eigenvalue weighted by Gasteiger charge is -2.13. The van der Waals surface area contributed by atoms with Crippen LogP contribution in [-0.2, 0) is 0 Å². The average Bonchev–Trinajstić information content (AvgIpc) is 2.16. The van der Waals surface area contributed by atoms with Crippen molar-refractivity contribution in [1.82, 2.24) is 0 Å². The molecule has 5 heteroatoms. The van der Waals surface area contributed by atoms with Crippen LogP contribution in [0.4, 0.5) is 0 Å². The van der Waals surface area contributed by atoms with Gasteiger partial charge in [-0.05, 0) is 32.0 Å². The van der Waals surface area contributed by atoms with Crippen LogP contribution in [0, 0.1) is 0 Å². The molecule has 0 heterocycles. The minimum absolute atomic E-state index is 0.00215. The molecule has 4 nitrogen and oxygen atoms in total. The van der Waals surface area contributed by atoms with Crippen molar-refractivity contribution in [2.75, 3.05) is 0 Å². The minimum atomic E-state index is -0.00582. The van der Waals surface area contributed by atoms with Gasteiger partial charge in [0, 0.05) is 5.02 Å². The molecule has 0 aliphatic carbocycles. The molecule has 1 aromatic carbocycles. The molecule has 15 heavy (non-hydrogen) atoms. The summed E-state index contributed by atoms with van der Waals surface area (Å²) in [4.78, 5) is 0. The number of amidine groups is 1. The monoisotopic (exact) mass is 228 g/mol. The van der Waals surface area contributed by atoms with Crippen LogP contribution in [0.1, 0.15) is 19.4 Å². The molecule has 0 saturated carbocycles. The highest BCUT2D eigenvalue weighted by molar-refractivity contribution is 6.30. The molecular weight excluding hydrogens is 216 g/mol. The normalized spacial score (nSPS) is 11.9. The van der Waals surface area contributed by atoms with E-state index in [9.17, 15) is 0 Å². The number of ether oxygens (including phenoxy) is 1. The fourth-order valence-electron chi connectivity index (χ4n) is 1.11. The van der Waals surface area contributed by atoms with Crippen molar-refractivity contribution in [3.8, 4) is 5.75 Å². The van der Waals surface area contributed by atoms with Gasteiger partial charge in [0.25, 0.3) is 0 Å². The summed E-state index contributed by atoms with van der Waals surface area (Å²) in [5, 5.41) is 12.1. The highest BCUT2D eigenvalue weighted by Crippen LogP contribution is 2.24. The van der Waals surface area contributed by atoms with E-state index in [-0.39, 0.29) is 11.9 Å². The average molecular weight is 229 g/mol. The zero-order valence-electron chi connectivity index (χ0n) is 8.57. The molecule has 0 radical (unpaired) electrons. The molecule has 0 aromatic heterocycles. The number of halogens is 1. The predicted octanol–water partition coefficient (Wildman–Crippen LogP) is 2.22. The van der Waals surface area contributed by atoms with Crippen LogP contribution < -0.4 is 10.5 Å². The number of nitrogens with two attached hydrogens (primary N) is 1. The standard InChI is InChI=1S/C10H13ClN2O2/c1-6(2)15-9-5-7(11)3-4-8(9)10(12)13-14/h3-6,14H,1-2H3,(H2,12,13). The zero-order valence-corrected chi connectivity index (χ0v) is 9.32. The summed E-state index contributed by atoms with van der Waals surface area (Å²) in [7, 11) is 0. The Labute approximate surface area is 93.3 Å². The second-order valence-corrected chi connectivity index (χ2v) is 3.73. The highest BCUT2D eigenvalue weighted by Gasteiger charge is 2.10. The SMILES string of the molecule is CC(C)Oc1cc(Cl)ccc1C(N)=NO. The molecule has 82 valence electrons. The topological polar surface area (TPSA) is 67.8 Å². The number of rotatable bonds is 3. The summed E-state index contributed by atoms with van der Waals surface area (Å²) < 4.78 is 5.49. The van der Waals surface area contributed by atoms with E-state index in [1.54, 1.807) is 18.2 Å². The van der Waals surface area contributed by atoms with Crippen molar-refractivity contribution in [2.45, 2.75) is 20.0 Å². The molecule has 1 aromatic rings. The number of hydrogen-bond donors (Lipinski definition) is 2.